The summed E-state index contributed by atoms with van der Waals surface area (Å²) >= 11 is 0. The summed E-state index contributed by atoms with van der Waals surface area (Å²) in [7, 11) is 0. The van der Waals surface area contributed by atoms with Crippen LogP contribution in [0.3, 0.4) is 0 Å². The summed E-state index contributed by atoms with van der Waals surface area (Å²) in [5.74, 6) is 0. The molecule has 1 aliphatic heterocycles. The van der Waals surface area contributed by atoms with Crippen LogP contribution in [0, 0.1) is 0 Å². The van der Waals surface area contributed by atoms with E-state index in [1.54, 1.807) is 0 Å². The Labute approximate surface area is 92.0 Å². The zero-order valence-electron chi connectivity index (χ0n) is 10.2. The second kappa shape index (κ2) is 4.84. The van der Waals surface area contributed by atoms with Gasteiger partial charge in [-0.3, -0.25) is 4.90 Å². The standard InChI is InChI=1S/C11H22N2O2/c1-9(13-7-5-6-8-13)12-10(14)15-11(2,3)4/h9H,5-8H2,1-4H3,(H,12,14). The van der Waals surface area contributed by atoms with E-state index in [9.17, 15) is 4.79 Å². The summed E-state index contributed by atoms with van der Waals surface area (Å²) in [6.07, 6.45) is 2.19. The topological polar surface area (TPSA) is 41.6 Å². The fourth-order valence-corrected chi connectivity index (χ4v) is 1.70. The summed E-state index contributed by atoms with van der Waals surface area (Å²) in [5.41, 5.74) is -0.422. The van der Waals surface area contributed by atoms with Crippen LogP contribution in [0.15, 0.2) is 0 Å². The highest BCUT2D eigenvalue weighted by atomic mass is 16.6. The van der Waals surface area contributed by atoms with Crippen molar-refractivity contribution in [2.45, 2.75) is 52.3 Å². The first-order valence-corrected chi connectivity index (χ1v) is 5.62. The van der Waals surface area contributed by atoms with Crippen molar-refractivity contribution in [1.82, 2.24) is 10.2 Å². The Hall–Kier alpha value is -0.770. The number of hydrogen-bond donors (Lipinski definition) is 1. The third-order valence-electron chi connectivity index (χ3n) is 2.41. The molecule has 0 radical (unpaired) electrons. The Morgan fingerprint density at radius 2 is 1.87 bits per heavy atom. The van der Waals surface area contributed by atoms with E-state index in [1.807, 2.05) is 27.7 Å². The number of carbonyl (C=O) groups is 1. The number of nitrogens with one attached hydrogen (secondary N) is 1. The van der Waals surface area contributed by atoms with Gasteiger partial charge in [-0.1, -0.05) is 0 Å². The smallest absolute Gasteiger partial charge is 0.408 e. The average molecular weight is 214 g/mol. The van der Waals surface area contributed by atoms with Crippen molar-refractivity contribution in [3.8, 4) is 0 Å². The van der Waals surface area contributed by atoms with Gasteiger partial charge in [-0.05, 0) is 40.5 Å². The molecule has 1 unspecified atom stereocenters. The minimum absolute atomic E-state index is 0.0716. The molecule has 0 saturated carbocycles. The lowest BCUT2D eigenvalue weighted by Crippen LogP contribution is -2.46. The summed E-state index contributed by atoms with van der Waals surface area (Å²) in [6, 6.07) is 0. The average Bonchev–Trinajstić information content (AvgIpc) is 2.50. The molecular weight excluding hydrogens is 192 g/mol. The molecule has 1 saturated heterocycles. The van der Waals surface area contributed by atoms with E-state index < -0.39 is 5.60 Å². The van der Waals surface area contributed by atoms with Gasteiger partial charge < -0.3 is 10.1 Å². The number of carbonyl (C=O) groups excluding carboxylic acids is 1. The molecule has 0 aromatic heterocycles. The van der Waals surface area contributed by atoms with Crippen molar-refractivity contribution in [2.24, 2.45) is 0 Å². The van der Waals surface area contributed by atoms with Crippen LogP contribution in [-0.4, -0.2) is 35.8 Å². The van der Waals surface area contributed by atoms with Crippen LogP contribution in [0.1, 0.15) is 40.5 Å². The first-order chi connectivity index (χ1) is 6.88. The lowest BCUT2D eigenvalue weighted by Gasteiger charge is -2.26. The van der Waals surface area contributed by atoms with E-state index >= 15 is 0 Å². The van der Waals surface area contributed by atoms with Gasteiger partial charge in [0.2, 0.25) is 0 Å². The SMILES string of the molecule is CC(NC(=O)OC(C)(C)C)N1CCCC1. The third kappa shape index (κ3) is 4.51. The van der Waals surface area contributed by atoms with E-state index in [1.165, 1.54) is 12.8 Å². The summed E-state index contributed by atoms with van der Waals surface area (Å²) < 4.78 is 5.19. The van der Waals surface area contributed by atoms with Gasteiger partial charge in [-0.25, -0.2) is 4.79 Å². The minimum atomic E-state index is -0.422. The van der Waals surface area contributed by atoms with Gasteiger partial charge in [-0.2, -0.15) is 0 Å². The first-order valence-electron chi connectivity index (χ1n) is 5.62. The number of nitrogens with zero attached hydrogens (tertiary/aromatic N) is 1. The maximum absolute atomic E-state index is 11.5. The van der Waals surface area contributed by atoms with Gasteiger partial charge in [0, 0.05) is 13.1 Å². The number of ether oxygens (including phenoxy) is 1. The van der Waals surface area contributed by atoms with E-state index in [-0.39, 0.29) is 12.3 Å². The largest absolute Gasteiger partial charge is 0.444 e. The van der Waals surface area contributed by atoms with Crippen molar-refractivity contribution in [3.05, 3.63) is 0 Å². The van der Waals surface area contributed by atoms with Gasteiger partial charge in [0.05, 0.1) is 6.17 Å². The Balaban J connectivity index is 2.30. The molecule has 1 fully saturated rings. The third-order valence-corrected chi connectivity index (χ3v) is 2.41. The Kier molecular flexibility index (Phi) is 3.97. The summed E-state index contributed by atoms with van der Waals surface area (Å²) in [4.78, 5) is 13.7. The molecule has 4 heteroatoms. The fourth-order valence-electron chi connectivity index (χ4n) is 1.70. The zero-order chi connectivity index (χ0) is 11.5. The highest BCUT2D eigenvalue weighted by Gasteiger charge is 2.22. The molecule has 0 aromatic rings. The van der Waals surface area contributed by atoms with Crippen LogP contribution in [-0.2, 0) is 4.74 Å². The van der Waals surface area contributed by atoms with E-state index in [2.05, 4.69) is 10.2 Å². The molecule has 0 bridgehead atoms. The maximum Gasteiger partial charge on any atom is 0.408 e. The molecule has 4 nitrogen and oxygen atoms in total. The molecule has 1 N–H and O–H groups in total. The highest BCUT2D eigenvalue weighted by Crippen LogP contribution is 2.11. The number of rotatable bonds is 2. The quantitative estimate of drug-likeness (QED) is 0.764. The van der Waals surface area contributed by atoms with Crippen LogP contribution in [0.25, 0.3) is 0 Å². The van der Waals surface area contributed by atoms with E-state index in [0.717, 1.165) is 13.1 Å². The van der Waals surface area contributed by atoms with Crippen molar-refractivity contribution in [1.29, 1.82) is 0 Å². The van der Waals surface area contributed by atoms with Gasteiger partial charge in [0.1, 0.15) is 5.60 Å². The molecule has 1 atom stereocenters. The predicted octanol–water partition coefficient (Wildman–Crippen LogP) is 1.95. The van der Waals surface area contributed by atoms with Crippen molar-refractivity contribution in [3.63, 3.8) is 0 Å². The maximum atomic E-state index is 11.5. The monoisotopic (exact) mass is 214 g/mol. The normalized spacial score (nSPS) is 20.0. The van der Waals surface area contributed by atoms with E-state index in [0.29, 0.717) is 0 Å². The van der Waals surface area contributed by atoms with E-state index in [4.69, 9.17) is 4.74 Å². The zero-order valence-corrected chi connectivity index (χ0v) is 10.2. The van der Waals surface area contributed by atoms with Gasteiger partial charge in [0.15, 0.2) is 0 Å². The molecule has 1 amide bonds. The highest BCUT2D eigenvalue weighted by molar-refractivity contribution is 5.67. The Bertz CT molecular complexity index is 217. The van der Waals surface area contributed by atoms with Gasteiger partial charge in [-0.15, -0.1) is 0 Å². The molecule has 1 rings (SSSR count). The molecule has 0 aromatic carbocycles. The number of amides is 1. The molecule has 0 aliphatic carbocycles. The Morgan fingerprint density at radius 3 is 2.33 bits per heavy atom. The number of hydrogen-bond acceptors (Lipinski definition) is 3. The van der Waals surface area contributed by atoms with Crippen LogP contribution in [0.5, 0.6) is 0 Å². The number of alkyl carbamates (subject to hydrolysis) is 1. The summed E-state index contributed by atoms with van der Waals surface area (Å²) in [6.45, 7) is 9.73. The molecular formula is C11H22N2O2. The molecule has 15 heavy (non-hydrogen) atoms. The van der Waals surface area contributed by atoms with Gasteiger partial charge in [0.25, 0.3) is 0 Å². The molecule has 88 valence electrons. The molecule has 1 aliphatic rings. The predicted molar refractivity (Wildman–Crippen MR) is 59.6 cm³/mol. The van der Waals surface area contributed by atoms with Crippen LogP contribution in [0.4, 0.5) is 4.79 Å². The van der Waals surface area contributed by atoms with Crippen LogP contribution >= 0.6 is 0 Å². The minimum Gasteiger partial charge on any atom is -0.444 e. The fraction of sp³-hybridized carbons (Fsp3) is 0.909. The lowest BCUT2D eigenvalue weighted by atomic mass is 10.2. The van der Waals surface area contributed by atoms with Crippen molar-refractivity contribution >= 4 is 6.09 Å². The second-order valence-corrected chi connectivity index (χ2v) is 5.07. The van der Waals surface area contributed by atoms with Crippen molar-refractivity contribution in [2.75, 3.05) is 13.1 Å². The van der Waals surface area contributed by atoms with Crippen LogP contribution < -0.4 is 5.32 Å². The van der Waals surface area contributed by atoms with Crippen LogP contribution in [0.2, 0.25) is 0 Å². The molecule has 1 heterocycles. The first kappa shape index (κ1) is 12.3. The summed E-state index contributed by atoms with van der Waals surface area (Å²) in [5, 5.41) is 2.84. The van der Waals surface area contributed by atoms with Gasteiger partial charge >= 0.3 is 6.09 Å². The number of likely N-dealkylation sites (tertiary alicyclic amines) is 1. The van der Waals surface area contributed by atoms with Crippen molar-refractivity contribution < 1.29 is 9.53 Å². The second-order valence-electron chi connectivity index (χ2n) is 5.07. The Morgan fingerprint density at radius 1 is 1.33 bits per heavy atom. The molecule has 0 spiro atoms. The lowest BCUT2D eigenvalue weighted by molar-refractivity contribution is 0.0447.